The molecular weight excluding hydrogens is 336 g/mol. The van der Waals surface area contributed by atoms with Gasteiger partial charge in [-0.15, -0.1) is 0 Å². The van der Waals surface area contributed by atoms with Crippen molar-refractivity contribution >= 4 is 5.96 Å². The first kappa shape index (κ1) is 23.4. The molecule has 0 aliphatic heterocycles. The van der Waals surface area contributed by atoms with Gasteiger partial charge in [-0.3, -0.25) is 4.99 Å². The topological polar surface area (TPSA) is 57.7 Å². The summed E-state index contributed by atoms with van der Waals surface area (Å²) in [7, 11) is 1.83. The van der Waals surface area contributed by atoms with E-state index in [0.717, 1.165) is 57.9 Å². The molecule has 154 valence electrons. The lowest BCUT2D eigenvalue weighted by Gasteiger charge is -2.37. The third-order valence-corrected chi connectivity index (χ3v) is 5.21. The van der Waals surface area contributed by atoms with Gasteiger partial charge in [0.1, 0.15) is 0 Å². The van der Waals surface area contributed by atoms with E-state index in [1.54, 1.807) is 0 Å². The van der Waals surface area contributed by atoms with Crippen molar-refractivity contribution in [2.45, 2.75) is 65.0 Å². The fourth-order valence-corrected chi connectivity index (χ4v) is 3.19. The lowest BCUT2D eigenvalue weighted by Crippen LogP contribution is -2.55. The van der Waals surface area contributed by atoms with Gasteiger partial charge < -0.3 is 20.7 Å². The van der Waals surface area contributed by atoms with Crippen LogP contribution in [-0.2, 0) is 4.74 Å². The number of unbranched alkanes of at least 4 members (excludes halogenated alkanes) is 1. The van der Waals surface area contributed by atoms with Gasteiger partial charge in [0, 0.05) is 44.9 Å². The standard InChI is InChI=1S/C22H40N4O/c1-6-22(7-2,26-19(4)20-14-10-9-11-15-20)18-25-21(23-5)24-16-12-13-17-27-8-3/h9-11,14-15,19,26H,6-8,12-13,16-18H2,1-5H3,(H2,23,24,25). The average molecular weight is 377 g/mol. The third kappa shape index (κ3) is 8.76. The van der Waals surface area contributed by atoms with Crippen LogP contribution in [-0.4, -0.2) is 44.8 Å². The predicted molar refractivity (Wildman–Crippen MR) is 116 cm³/mol. The van der Waals surface area contributed by atoms with Crippen LogP contribution in [0.5, 0.6) is 0 Å². The molecule has 0 fully saturated rings. The van der Waals surface area contributed by atoms with Gasteiger partial charge in [-0.05, 0) is 45.1 Å². The second-order valence-corrected chi connectivity index (χ2v) is 7.02. The predicted octanol–water partition coefficient (Wildman–Crippen LogP) is 3.88. The zero-order valence-electron chi connectivity index (χ0n) is 18.0. The lowest BCUT2D eigenvalue weighted by molar-refractivity contribution is 0.143. The molecule has 1 aromatic rings. The van der Waals surface area contributed by atoms with E-state index in [2.05, 4.69) is 72.0 Å². The Hall–Kier alpha value is -1.59. The summed E-state index contributed by atoms with van der Waals surface area (Å²) in [6.45, 7) is 12.1. The molecule has 0 heterocycles. The summed E-state index contributed by atoms with van der Waals surface area (Å²) in [5, 5.41) is 10.8. The Labute approximate surface area is 166 Å². The molecule has 0 amide bonds. The molecule has 0 aliphatic rings. The summed E-state index contributed by atoms with van der Waals surface area (Å²) < 4.78 is 5.38. The number of hydrogen-bond acceptors (Lipinski definition) is 3. The van der Waals surface area contributed by atoms with Crippen molar-refractivity contribution in [2.75, 3.05) is 33.4 Å². The minimum Gasteiger partial charge on any atom is -0.382 e. The first-order valence-corrected chi connectivity index (χ1v) is 10.5. The number of nitrogens with one attached hydrogen (secondary N) is 3. The zero-order chi connectivity index (χ0) is 20.0. The van der Waals surface area contributed by atoms with E-state index in [0.29, 0.717) is 6.04 Å². The van der Waals surface area contributed by atoms with Crippen molar-refractivity contribution in [3.63, 3.8) is 0 Å². The summed E-state index contributed by atoms with van der Waals surface area (Å²) in [4.78, 5) is 4.37. The van der Waals surface area contributed by atoms with Gasteiger partial charge in [0.2, 0.25) is 0 Å². The molecule has 1 rings (SSSR count). The number of hydrogen-bond donors (Lipinski definition) is 3. The van der Waals surface area contributed by atoms with Crippen molar-refractivity contribution in [1.82, 2.24) is 16.0 Å². The van der Waals surface area contributed by atoms with Crippen molar-refractivity contribution in [3.05, 3.63) is 35.9 Å². The summed E-state index contributed by atoms with van der Waals surface area (Å²) in [5.41, 5.74) is 1.35. The molecule has 0 saturated carbocycles. The molecule has 0 aliphatic carbocycles. The smallest absolute Gasteiger partial charge is 0.191 e. The van der Waals surface area contributed by atoms with Gasteiger partial charge in [-0.1, -0.05) is 44.2 Å². The van der Waals surface area contributed by atoms with Gasteiger partial charge in [-0.2, -0.15) is 0 Å². The van der Waals surface area contributed by atoms with Crippen LogP contribution in [0.4, 0.5) is 0 Å². The molecule has 5 heteroatoms. The van der Waals surface area contributed by atoms with Crippen LogP contribution in [0.2, 0.25) is 0 Å². The van der Waals surface area contributed by atoms with E-state index in [1.807, 2.05) is 14.0 Å². The van der Waals surface area contributed by atoms with Gasteiger partial charge in [-0.25, -0.2) is 0 Å². The average Bonchev–Trinajstić information content (AvgIpc) is 2.72. The maximum Gasteiger partial charge on any atom is 0.191 e. The van der Waals surface area contributed by atoms with Crippen LogP contribution in [0.3, 0.4) is 0 Å². The number of ether oxygens (including phenoxy) is 1. The number of nitrogens with zero attached hydrogens (tertiary/aromatic N) is 1. The van der Waals surface area contributed by atoms with Crippen LogP contribution in [0.1, 0.15) is 65.0 Å². The van der Waals surface area contributed by atoms with E-state index >= 15 is 0 Å². The summed E-state index contributed by atoms with van der Waals surface area (Å²) >= 11 is 0. The van der Waals surface area contributed by atoms with Crippen LogP contribution in [0.25, 0.3) is 0 Å². The SMILES string of the molecule is CCOCCCCNC(=NC)NCC(CC)(CC)NC(C)c1ccccc1. The first-order chi connectivity index (χ1) is 13.1. The van der Waals surface area contributed by atoms with Crippen molar-refractivity contribution in [2.24, 2.45) is 4.99 Å². The Balaban J connectivity index is 2.51. The van der Waals surface area contributed by atoms with E-state index in [1.165, 1.54) is 5.56 Å². The van der Waals surface area contributed by atoms with Gasteiger partial charge in [0.25, 0.3) is 0 Å². The van der Waals surface area contributed by atoms with E-state index in [-0.39, 0.29) is 5.54 Å². The maximum atomic E-state index is 5.38. The number of rotatable bonds is 13. The van der Waals surface area contributed by atoms with Crippen LogP contribution < -0.4 is 16.0 Å². The molecule has 0 aromatic heterocycles. The minimum absolute atomic E-state index is 0.0296. The number of guanidine groups is 1. The third-order valence-electron chi connectivity index (χ3n) is 5.21. The summed E-state index contributed by atoms with van der Waals surface area (Å²) in [6.07, 6.45) is 4.26. The Morgan fingerprint density at radius 3 is 2.37 bits per heavy atom. The highest BCUT2D eigenvalue weighted by atomic mass is 16.5. The van der Waals surface area contributed by atoms with Crippen LogP contribution >= 0.6 is 0 Å². The van der Waals surface area contributed by atoms with Gasteiger partial charge in [0.15, 0.2) is 5.96 Å². The zero-order valence-corrected chi connectivity index (χ0v) is 18.0. The van der Waals surface area contributed by atoms with Gasteiger partial charge in [0.05, 0.1) is 0 Å². The number of aliphatic imine (C=N–C) groups is 1. The van der Waals surface area contributed by atoms with Crippen LogP contribution in [0.15, 0.2) is 35.3 Å². The van der Waals surface area contributed by atoms with E-state index in [4.69, 9.17) is 4.74 Å². The van der Waals surface area contributed by atoms with Crippen molar-refractivity contribution < 1.29 is 4.74 Å². The lowest BCUT2D eigenvalue weighted by atomic mass is 9.90. The summed E-state index contributed by atoms with van der Waals surface area (Å²) in [6, 6.07) is 10.9. The highest BCUT2D eigenvalue weighted by molar-refractivity contribution is 5.79. The first-order valence-electron chi connectivity index (χ1n) is 10.5. The van der Waals surface area contributed by atoms with Crippen molar-refractivity contribution in [3.8, 4) is 0 Å². The highest BCUT2D eigenvalue weighted by Crippen LogP contribution is 2.21. The molecule has 0 spiro atoms. The molecule has 0 saturated heterocycles. The summed E-state index contributed by atoms with van der Waals surface area (Å²) in [5.74, 6) is 0.867. The molecule has 1 aromatic carbocycles. The van der Waals surface area contributed by atoms with Crippen LogP contribution in [0, 0.1) is 0 Å². The van der Waals surface area contributed by atoms with E-state index < -0.39 is 0 Å². The second kappa shape index (κ2) is 13.6. The Bertz CT molecular complexity index is 514. The largest absolute Gasteiger partial charge is 0.382 e. The monoisotopic (exact) mass is 376 g/mol. The Kier molecular flexibility index (Phi) is 11.8. The quantitative estimate of drug-likeness (QED) is 0.278. The van der Waals surface area contributed by atoms with Gasteiger partial charge >= 0.3 is 0 Å². The molecule has 0 radical (unpaired) electrons. The van der Waals surface area contributed by atoms with E-state index in [9.17, 15) is 0 Å². The molecule has 1 unspecified atom stereocenters. The molecule has 27 heavy (non-hydrogen) atoms. The fraction of sp³-hybridized carbons (Fsp3) is 0.682. The van der Waals surface area contributed by atoms with Crippen molar-refractivity contribution in [1.29, 1.82) is 0 Å². The molecule has 3 N–H and O–H groups in total. The molecule has 5 nitrogen and oxygen atoms in total. The minimum atomic E-state index is 0.0296. The maximum absolute atomic E-state index is 5.38. The normalized spacial score (nSPS) is 13.4. The fourth-order valence-electron chi connectivity index (χ4n) is 3.19. The molecule has 1 atom stereocenters. The Morgan fingerprint density at radius 2 is 1.78 bits per heavy atom. The molecule has 0 bridgehead atoms. The number of benzene rings is 1. The highest BCUT2D eigenvalue weighted by Gasteiger charge is 2.28. The Morgan fingerprint density at radius 1 is 1.07 bits per heavy atom. The second-order valence-electron chi connectivity index (χ2n) is 7.02. The molecular formula is C22H40N4O.